The van der Waals surface area contributed by atoms with E-state index in [1.165, 1.54) is 0 Å². The number of carbonyl (C=O) groups excluding carboxylic acids is 2. The molecule has 1 fully saturated rings. The van der Waals surface area contributed by atoms with Crippen LogP contribution in [-0.4, -0.2) is 54.7 Å². The van der Waals surface area contributed by atoms with Crippen LogP contribution in [0.15, 0.2) is 24.3 Å². The van der Waals surface area contributed by atoms with Crippen LogP contribution in [0.4, 0.5) is 4.79 Å². The molecule has 2 unspecified atom stereocenters. The van der Waals surface area contributed by atoms with Gasteiger partial charge in [-0.05, 0) is 36.5 Å². The number of aliphatic hydroxyl groups is 1. The predicted molar refractivity (Wildman–Crippen MR) is 88.3 cm³/mol. The largest absolute Gasteiger partial charge is 0.394 e. The quantitative estimate of drug-likeness (QED) is 0.757. The topological polar surface area (TPSA) is 81.7 Å². The van der Waals surface area contributed by atoms with Crippen LogP contribution in [0.2, 0.25) is 0 Å². The van der Waals surface area contributed by atoms with Crippen molar-refractivity contribution in [3.8, 4) is 0 Å². The number of rotatable bonds is 5. The highest BCUT2D eigenvalue weighted by atomic mass is 16.3. The van der Waals surface area contributed by atoms with Crippen molar-refractivity contribution in [3.05, 3.63) is 35.4 Å². The van der Waals surface area contributed by atoms with Crippen LogP contribution in [-0.2, 0) is 6.42 Å². The zero-order chi connectivity index (χ0) is 16.8. The molecule has 0 saturated carbocycles. The van der Waals surface area contributed by atoms with Crippen molar-refractivity contribution < 1.29 is 14.7 Å². The third-order valence-corrected chi connectivity index (χ3v) is 4.44. The number of hydrogen-bond donors (Lipinski definition) is 3. The van der Waals surface area contributed by atoms with Crippen LogP contribution >= 0.6 is 0 Å². The molecule has 0 spiro atoms. The monoisotopic (exact) mass is 319 g/mol. The summed E-state index contributed by atoms with van der Waals surface area (Å²) in [7, 11) is 1.60. The summed E-state index contributed by atoms with van der Waals surface area (Å²) >= 11 is 0. The summed E-state index contributed by atoms with van der Waals surface area (Å²) in [5.41, 5.74) is 1.62. The second kappa shape index (κ2) is 7.97. The molecule has 6 heteroatoms. The fraction of sp³-hybridized carbons (Fsp3) is 0.529. The Bertz CT molecular complexity index is 562. The summed E-state index contributed by atoms with van der Waals surface area (Å²) in [6, 6.07) is 7.15. The molecular weight excluding hydrogens is 294 g/mol. The molecule has 6 nitrogen and oxygen atoms in total. The van der Waals surface area contributed by atoms with E-state index in [9.17, 15) is 14.7 Å². The number of hydrogen-bond acceptors (Lipinski definition) is 3. The normalized spacial score (nSPS) is 20.4. The van der Waals surface area contributed by atoms with E-state index in [1.807, 2.05) is 18.2 Å². The Balaban J connectivity index is 1.85. The Morgan fingerprint density at radius 1 is 1.39 bits per heavy atom. The SMILES string of the molecule is CNC(=O)c1cccc(CCNC(=O)N2CCC(C)C2CO)c1. The second-order valence-corrected chi connectivity index (χ2v) is 5.97. The van der Waals surface area contributed by atoms with Crippen LogP contribution in [0.5, 0.6) is 0 Å². The average molecular weight is 319 g/mol. The maximum Gasteiger partial charge on any atom is 0.317 e. The molecule has 1 saturated heterocycles. The van der Waals surface area contributed by atoms with E-state index in [0.717, 1.165) is 12.0 Å². The van der Waals surface area contributed by atoms with Gasteiger partial charge < -0.3 is 20.6 Å². The molecule has 2 rings (SSSR count). The summed E-state index contributed by atoms with van der Waals surface area (Å²) in [6.07, 6.45) is 1.58. The first kappa shape index (κ1) is 17.3. The van der Waals surface area contributed by atoms with Crippen molar-refractivity contribution in [1.82, 2.24) is 15.5 Å². The predicted octanol–water partition coefficient (Wildman–Crippen LogP) is 1.00. The first-order chi connectivity index (χ1) is 11.1. The highest BCUT2D eigenvalue weighted by Crippen LogP contribution is 2.23. The average Bonchev–Trinajstić information content (AvgIpc) is 2.95. The lowest BCUT2D eigenvalue weighted by atomic mass is 10.0. The fourth-order valence-corrected chi connectivity index (χ4v) is 2.97. The second-order valence-electron chi connectivity index (χ2n) is 5.97. The van der Waals surface area contributed by atoms with Gasteiger partial charge in [0.15, 0.2) is 0 Å². The third-order valence-electron chi connectivity index (χ3n) is 4.44. The van der Waals surface area contributed by atoms with Crippen molar-refractivity contribution in [1.29, 1.82) is 0 Å². The number of carbonyl (C=O) groups is 2. The zero-order valence-electron chi connectivity index (χ0n) is 13.7. The van der Waals surface area contributed by atoms with Gasteiger partial charge in [-0.1, -0.05) is 19.1 Å². The molecule has 1 aromatic carbocycles. The Hall–Kier alpha value is -2.08. The molecule has 0 aromatic heterocycles. The first-order valence-electron chi connectivity index (χ1n) is 8.03. The Labute approximate surface area is 136 Å². The van der Waals surface area contributed by atoms with Crippen molar-refractivity contribution in [2.24, 2.45) is 5.92 Å². The molecule has 1 aliphatic rings. The molecule has 0 radical (unpaired) electrons. The third kappa shape index (κ3) is 4.22. The van der Waals surface area contributed by atoms with Gasteiger partial charge in [0.2, 0.25) is 0 Å². The van der Waals surface area contributed by atoms with Gasteiger partial charge in [0.25, 0.3) is 5.91 Å². The molecule has 1 aliphatic heterocycles. The van der Waals surface area contributed by atoms with E-state index in [-0.39, 0.29) is 24.6 Å². The van der Waals surface area contributed by atoms with Crippen LogP contribution in [0.25, 0.3) is 0 Å². The van der Waals surface area contributed by atoms with Gasteiger partial charge in [-0.15, -0.1) is 0 Å². The number of likely N-dealkylation sites (tertiary alicyclic amines) is 1. The smallest absolute Gasteiger partial charge is 0.317 e. The van der Waals surface area contributed by atoms with Crippen molar-refractivity contribution >= 4 is 11.9 Å². The molecule has 2 atom stereocenters. The maximum atomic E-state index is 12.2. The molecule has 3 amide bonds. The summed E-state index contributed by atoms with van der Waals surface area (Å²) in [4.78, 5) is 25.5. The van der Waals surface area contributed by atoms with Crippen molar-refractivity contribution in [2.75, 3.05) is 26.7 Å². The van der Waals surface area contributed by atoms with Gasteiger partial charge in [-0.2, -0.15) is 0 Å². The van der Waals surface area contributed by atoms with Crippen LogP contribution in [0, 0.1) is 5.92 Å². The number of urea groups is 1. The van der Waals surface area contributed by atoms with E-state index in [4.69, 9.17) is 0 Å². The number of nitrogens with zero attached hydrogens (tertiary/aromatic N) is 1. The van der Waals surface area contributed by atoms with Gasteiger partial charge in [-0.3, -0.25) is 4.79 Å². The lowest BCUT2D eigenvalue weighted by Crippen LogP contribution is -2.46. The summed E-state index contributed by atoms with van der Waals surface area (Å²) in [6.45, 7) is 3.24. The fourth-order valence-electron chi connectivity index (χ4n) is 2.97. The van der Waals surface area contributed by atoms with Gasteiger partial charge in [0.1, 0.15) is 0 Å². The minimum absolute atomic E-state index is 0.00274. The molecule has 3 N–H and O–H groups in total. The summed E-state index contributed by atoms with van der Waals surface area (Å²) in [5.74, 6) is 0.211. The molecule has 0 aliphatic carbocycles. The molecule has 126 valence electrons. The van der Waals surface area contributed by atoms with Gasteiger partial charge in [0, 0.05) is 25.7 Å². The van der Waals surface area contributed by atoms with Crippen molar-refractivity contribution in [3.63, 3.8) is 0 Å². The summed E-state index contributed by atoms with van der Waals surface area (Å²) in [5, 5.41) is 14.9. The van der Waals surface area contributed by atoms with Crippen LogP contribution < -0.4 is 10.6 Å². The molecule has 1 heterocycles. The van der Waals surface area contributed by atoms with Crippen LogP contribution in [0.1, 0.15) is 29.3 Å². The standard InChI is InChI=1S/C17H25N3O3/c1-12-7-9-20(15(12)11-21)17(23)19-8-6-13-4-3-5-14(10-13)16(22)18-2/h3-5,10,12,15,21H,6-9,11H2,1-2H3,(H,18,22)(H,19,23). The highest BCUT2D eigenvalue weighted by molar-refractivity contribution is 5.94. The van der Waals surface area contributed by atoms with Crippen molar-refractivity contribution in [2.45, 2.75) is 25.8 Å². The zero-order valence-corrected chi connectivity index (χ0v) is 13.7. The Morgan fingerprint density at radius 2 is 2.17 bits per heavy atom. The van der Waals surface area contributed by atoms with E-state index < -0.39 is 0 Å². The van der Waals surface area contributed by atoms with E-state index in [2.05, 4.69) is 17.6 Å². The number of benzene rings is 1. The number of aliphatic hydroxyl groups excluding tert-OH is 1. The van der Waals surface area contributed by atoms with Crippen LogP contribution in [0.3, 0.4) is 0 Å². The molecular formula is C17H25N3O3. The molecule has 23 heavy (non-hydrogen) atoms. The van der Waals surface area contributed by atoms with Gasteiger partial charge in [-0.25, -0.2) is 4.79 Å². The minimum Gasteiger partial charge on any atom is -0.394 e. The van der Waals surface area contributed by atoms with E-state index in [1.54, 1.807) is 18.0 Å². The first-order valence-corrected chi connectivity index (χ1v) is 8.03. The Kier molecular flexibility index (Phi) is 5.98. The van der Waals surface area contributed by atoms with Gasteiger partial charge in [0.05, 0.1) is 12.6 Å². The maximum absolute atomic E-state index is 12.2. The highest BCUT2D eigenvalue weighted by Gasteiger charge is 2.33. The number of amides is 3. The number of nitrogens with one attached hydrogen (secondary N) is 2. The Morgan fingerprint density at radius 3 is 2.87 bits per heavy atom. The molecule has 1 aromatic rings. The lowest BCUT2D eigenvalue weighted by molar-refractivity contribution is 0.0963. The molecule has 0 bridgehead atoms. The minimum atomic E-state index is -0.129. The van der Waals surface area contributed by atoms with Gasteiger partial charge >= 0.3 is 6.03 Å². The van der Waals surface area contributed by atoms with E-state index >= 15 is 0 Å². The van der Waals surface area contributed by atoms with E-state index in [0.29, 0.717) is 31.0 Å². The summed E-state index contributed by atoms with van der Waals surface area (Å²) < 4.78 is 0. The lowest BCUT2D eigenvalue weighted by Gasteiger charge is -2.25.